The quantitative estimate of drug-likeness (QED) is 0.347. The molecule has 0 atom stereocenters. The number of nitro benzene ring substituents is 1. The predicted octanol–water partition coefficient (Wildman–Crippen LogP) is 3.67. The fourth-order valence-electron chi connectivity index (χ4n) is 1.25. The molecular formula is C11H14BrNO3. The number of ether oxygens (including phenoxy) is 1. The number of non-ortho nitro benzene ring substituents is 1. The highest BCUT2D eigenvalue weighted by Gasteiger charge is 2.10. The zero-order valence-corrected chi connectivity index (χ0v) is 10.7. The van der Waals surface area contributed by atoms with Gasteiger partial charge in [-0.25, -0.2) is 0 Å². The number of nitro groups is 1. The van der Waals surface area contributed by atoms with Gasteiger partial charge in [0.1, 0.15) is 5.75 Å². The molecule has 16 heavy (non-hydrogen) atoms. The molecule has 0 aliphatic carbocycles. The van der Waals surface area contributed by atoms with E-state index in [9.17, 15) is 10.1 Å². The number of nitrogens with zero attached hydrogens (tertiary/aromatic N) is 1. The van der Waals surface area contributed by atoms with Crippen LogP contribution in [0.3, 0.4) is 0 Å². The molecule has 88 valence electrons. The lowest BCUT2D eigenvalue weighted by Crippen LogP contribution is -1.99. The summed E-state index contributed by atoms with van der Waals surface area (Å²) in [5.41, 5.74) is 0.905. The van der Waals surface area contributed by atoms with E-state index in [-0.39, 0.29) is 5.69 Å². The van der Waals surface area contributed by atoms with Gasteiger partial charge in [-0.3, -0.25) is 10.1 Å². The summed E-state index contributed by atoms with van der Waals surface area (Å²) in [7, 11) is 0. The molecule has 1 aromatic rings. The van der Waals surface area contributed by atoms with Gasteiger partial charge >= 0.3 is 0 Å². The Labute approximate surface area is 103 Å². The van der Waals surface area contributed by atoms with Gasteiger partial charge in [0.15, 0.2) is 0 Å². The number of alkyl halides is 1. The van der Waals surface area contributed by atoms with E-state index in [1.807, 2.05) is 0 Å². The highest BCUT2D eigenvalue weighted by molar-refractivity contribution is 9.08. The molecule has 0 radical (unpaired) electrons. The molecule has 0 heterocycles. The molecule has 0 aliphatic rings. The largest absolute Gasteiger partial charge is 0.493 e. The smallest absolute Gasteiger partial charge is 0.270 e. The standard InChI is InChI=1S/C11H14BrNO3/c1-2-3-6-16-11-5-4-10(13(14)15)7-9(11)8-12/h4-5,7H,2-3,6,8H2,1H3. The summed E-state index contributed by atoms with van der Waals surface area (Å²) < 4.78 is 5.55. The maximum atomic E-state index is 10.6. The monoisotopic (exact) mass is 287 g/mol. The van der Waals surface area contributed by atoms with Gasteiger partial charge in [0.05, 0.1) is 11.5 Å². The van der Waals surface area contributed by atoms with Crippen molar-refractivity contribution in [1.29, 1.82) is 0 Å². The van der Waals surface area contributed by atoms with E-state index in [1.165, 1.54) is 12.1 Å². The number of hydrogen-bond acceptors (Lipinski definition) is 3. The first kappa shape index (κ1) is 13.0. The van der Waals surface area contributed by atoms with Gasteiger partial charge in [-0.2, -0.15) is 0 Å². The van der Waals surface area contributed by atoms with Crippen LogP contribution in [0.15, 0.2) is 18.2 Å². The van der Waals surface area contributed by atoms with Crippen LogP contribution in [0.25, 0.3) is 0 Å². The molecule has 5 heteroatoms. The summed E-state index contributed by atoms with van der Waals surface area (Å²) >= 11 is 3.30. The first-order valence-corrected chi connectivity index (χ1v) is 6.27. The maximum Gasteiger partial charge on any atom is 0.270 e. The van der Waals surface area contributed by atoms with Crippen LogP contribution in [0, 0.1) is 10.1 Å². The third kappa shape index (κ3) is 3.48. The van der Waals surface area contributed by atoms with E-state index in [2.05, 4.69) is 22.9 Å². The minimum atomic E-state index is -0.401. The number of unbranched alkanes of at least 4 members (excludes halogenated alkanes) is 1. The van der Waals surface area contributed by atoms with Gasteiger partial charge in [-0.1, -0.05) is 29.3 Å². The lowest BCUT2D eigenvalue weighted by atomic mass is 10.2. The van der Waals surface area contributed by atoms with E-state index in [4.69, 9.17) is 4.74 Å². The van der Waals surface area contributed by atoms with Crippen LogP contribution in [-0.2, 0) is 5.33 Å². The number of rotatable bonds is 6. The SMILES string of the molecule is CCCCOc1ccc([N+](=O)[O-])cc1CBr. The molecule has 0 N–H and O–H groups in total. The number of benzene rings is 1. The first-order chi connectivity index (χ1) is 7.69. The van der Waals surface area contributed by atoms with E-state index < -0.39 is 4.92 Å². The normalized spacial score (nSPS) is 10.1. The summed E-state index contributed by atoms with van der Waals surface area (Å²) in [6, 6.07) is 4.66. The summed E-state index contributed by atoms with van der Waals surface area (Å²) in [6.07, 6.45) is 2.05. The fraction of sp³-hybridized carbons (Fsp3) is 0.455. The molecule has 0 bridgehead atoms. The molecule has 0 saturated heterocycles. The molecule has 0 saturated carbocycles. The van der Waals surface area contributed by atoms with E-state index in [0.717, 1.165) is 24.2 Å². The third-order valence-corrected chi connectivity index (χ3v) is 2.76. The van der Waals surface area contributed by atoms with Gasteiger partial charge in [0, 0.05) is 23.0 Å². The Balaban J connectivity index is 2.80. The molecule has 0 spiro atoms. The van der Waals surface area contributed by atoms with Crippen LogP contribution in [0.1, 0.15) is 25.3 Å². The maximum absolute atomic E-state index is 10.6. The van der Waals surface area contributed by atoms with Gasteiger partial charge in [-0.15, -0.1) is 0 Å². The summed E-state index contributed by atoms with van der Waals surface area (Å²) in [5, 5.41) is 11.1. The van der Waals surface area contributed by atoms with Crippen molar-refractivity contribution in [1.82, 2.24) is 0 Å². The minimum absolute atomic E-state index is 0.0947. The van der Waals surface area contributed by atoms with Gasteiger partial charge in [0.2, 0.25) is 0 Å². The molecule has 1 aromatic carbocycles. The van der Waals surface area contributed by atoms with Crippen LogP contribution >= 0.6 is 15.9 Å². The zero-order valence-electron chi connectivity index (χ0n) is 9.11. The van der Waals surface area contributed by atoms with Crippen molar-refractivity contribution < 1.29 is 9.66 Å². The molecular weight excluding hydrogens is 274 g/mol. The number of hydrogen-bond donors (Lipinski definition) is 0. The van der Waals surface area contributed by atoms with Crippen molar-refractivity contribution in [3.63, 3.8) is 0 Å². The van der Waals surface area contributed by atoms with E-state index in [1.54, 1.807) is 6.07 Å². The Morgan fingerprint density at radius 1 is 1.50 bits per heavy atom. The lowest BCUT2D eigenvalue weighted by molar-refractivity contribution is -0.384. The average molecular weight is 288 g/mol. The van der Waals surface area contributed by atoms with E-state index in [0.29, 0.717) is 11.9 Å². The summed E-state index contributed by atoms with van der Waals surface area (Å²) in [5.74, 6) is 0.718. The average Bonchev–Trinajstić information content (AvgIpc) is 2.29. The van der Waals surface area contributed by atoms with Crippen molar-refractivity contribution in [2.45, 2.75) is 25.1 Å². The van der Waals surface area contributed by atoms with Crippen LogP contribution < -0.4 is 4.74 Å². The molecule has 0 fully saturated rings. The summed E-state index contributed by atoms with van der Waals surface area (Å²) in [6.45, 7) is 2.74. The Morgan fingerprint density at radius 3 is 2.81 bits per heavy atom. The van der Waals surface area contributed by atoms with Crippen molar-refractivity contribution in [3.05, 3.63) is 33.9 Å². The molecule has 0 aliphatic heterocycles. The molecule has 0 aromatic heterocycles. The predicted molar refractivity (Wildman–Crippen MR) is 66.1 cm³/mol. The van der Waals surface area contributed by atoms with Crippen molar-refractivity contribution in [2.75, 3.05) is 6.61 Å². The van der Waals surface area contributed by atoms with Crippen LogP contribution in [0.2, 0.25) is 0 Å². The Kier molecular flexibility index (Phi) is 5.25. The highest BCUT2D eigenvalue weighted by atomic mass is 79.9. The zero-order chi connectivity index (χ0) is 12.0. The Hall–Kier alpha value is -1.10. The second kappa shape index (κ2) is 6.48. The molecule has 0 amide bonds. The van der Waals surface area contributed by atoms with Gasteiger partial charge < -0.3 is 4.74 Å². The molecule has 1 rings (SSSR count). The first-order valence-electron chi connectivity index (χ1n) is 5.15. The van der Waals surface area contributed by atoms with Crippen molar-refractivity contribution in [3.8, 4) is 5.75 Å². The van der Waals surface area contributed by atoms with Crippen LogP contribution in [0.4, 0.5) is 5.69 Å². The van der Waals surface area contributed by atoms with Crippen LogP contribution in [0.5, 0.6) is 5.75 Å². The summed E-state index contributed by atoms with van der Waals surface area (Å²) in [4.78, 5) is 10.2. The molecule has 4 nitrogen and oxygen atoms in total. The third-order valence-electron chi connectivity index (χ3n) is 2.15. The fourth-order valence-corrected chi connectivity index (χ4v) is 1.69. The topological polar surface area (TPSA) is 52.4 Å². The van der Waals surface area contributed by atoms with Crippen LogP contribution in [-0.4, -0.2) is 11.5 Å². The Morgan fingerprint density at radius 2 is 2.25 bits per heavy atom. The second-order valence-electron chi connectivity index (χ2n) is 3.38. The van der Waals surface area contributed by atoms with E-state index >= 15 is 0 Å². The van der Waals surface area contributed by atoms with Crippen molar-refractivity contribution in [2.24, 2.45) is 0 Å². The second-order valence-corrected chi connectivity index (χ2v) is 3.95. The van der Waals surface area contributed by atoms with Gasteiger partial charge in [0.25, 0.3) is 5.69 Å². The minimum Gasteiger partial charge on any atom is -0.493 e. The Bertz CT molecular complexity index is 368. The molecule has 0 unspecified atom stereocenters. The van der Waals surface area contributed by atoms with Crippen molar-refractivity contribution >= 4 is 21.6 Å². The van der Waals surface area contributed by atoms with Gasteiger partial charge in [-0.05, 0) is 12.5 Å². The number of halogens is 1. The lowest BCUT2D eigenvalue weighted by Gasteiger charge is -2.09. The highest BCUT2D eigenvalue weighted by Crippen LogP contribution is 2.26.